The fraction of sp³-hybridized carbons (Fsp3) is 0.143. The van der Waals surface area contributed by atoms with Crippen molar-refractivity contribution in [3.05, 3.63) is 44.9 Å². The van der Waals surface area contributed by atoms with Crippen LogP contribution in [0.1, 0.15) is 20.9 Å². The van der Waals surface area contributed by atoms with E-state index in [2.05, 4.69) is 22.1 Å². The molecule has 0 aliphatic rings. The van der Waals surface area contributed by atoms with E-state index >= 15 is 0 Å². The summed E-state index contributed by atoms with van der Waals surface area (Å²) in [6.07, 6.45) is 0. The van der Waals surface area contributed by atoms with Gasteiger partial charge < -0.3 is 11.1 Å². The Morgan fingerprint density at radius 3 is 3.00 bits per heavy atom. The van der Waals surface area contributed by atoms with Crippen LogP contribution >= 0.6 is 22.9 Å². The summed E-state index contributed by atoms with van der Waals surface area (Å²) < 4.78 is 0. The third-order valence-corrected chi connectivity index (χ3v) is 3.76. The van der Waals surface area contributed by atoms with E-state index in [-0.39, 0.29) is 12.5 Å². The van der Waals surface area contributed by atoms with E-state index in [1.54, 1.807) is 30.6 Å². The van der Waals surface area contributed by atoms with E-state index in [1.807, 2.05) is 0 Å². The lowest BCUT2D eigenvalue weighted by molar-refractivity contribution is 0.103. The van der Waals surface area contributed by atoms with Crippen molar-refractivity contribution in [2.24, 2.45) is 5.73 Å². The maximum Gasteiger partial charge on any atom is 0.267 e. The second-order valence-corrected chi connectivity index (χ2v) is 5.18. The largest absolute Gasteiger partial charge is 0.321 e. The van der Waals surface area contributed by atoms with Gasteiger partial charge in [-0.15, -0.1) is 11.3 Å². The molecule has 0 bridgehead atoms. The highest BCUT2D eigenvalue weighted by atomic mass is 35.5. The molecule has 0 radical (unpaired) electrons. The molecule has 0 aliphatic heterocycles. The van der Waals surface area contributed by atoms with Gasteiger partial charge in [0, 0.05) is 11.3 Å². The average molecular weight is 306 g/mol. The summed E-state index contributed by atoms with van der Waals surface area (Å²) in [6.45, 7) is 2.05. The summed E-state index contributed by atoms with van der Waals surface area (Å²) in [5, 5.41) is 3.33. The molecule has 102 valence electrons. The van der Waals surface area contributed by atoms with Gasteiger partial charge in [0.15, 0.2) is 0 Å². The van der Waals surface area contributed by atoms with Gasteiger partial charge >= 0.3 is 0 Å². The monoisotopic (exact) mass is 305 g/mol. The molecule has 0 aliphatic carbocycles. The first kappa shape index (κ1) is 14.5. The zero-order valence-electron chi connectivity index (χ0n) is 10.7. The van der Waals surface area contributed by atoms with Crippen LogP contribution in [0.2, 0.25) is 5.02 Å². The molecular formula is C14H12ClN3OS. The van der Waals surface area contributed by atoms with E-state index < -0.39 is 0 Å². The topological polar surface area (TPSA) is 68.0 Å². The Hall–Kier alpha value is -1.87. The van der Waals surface area contributed by atoms with Crippen LogP contribution in [0.25, 0.3) is 0 Å². The first-order valence-corrected chi connectivity index (χ1v) is 7.07. The normalized spacial score (nSPS) is 9.75. The molecule has 2 aromatic rings. The predicted molar refractivity (Wildman–Crippen MR) is 82.2 cm³/mol. The third-order valence-electron chi connectivity index (χ3n) is 2.50. The Balaban J connectivity index is 2.22. The second-order valence-electron chi connectivity index (χ2n) is 3.92. The Bertz CT molecular complexity index is 700. The predicted octanol–water partition coefficient (Wildman–Crippen LogP) is 2.67. The lowest BCUT2D eigenvalue weighted by Crippen LogP contribution is -2.11. The van der Waals surface area contributed by atoms with Crippen LogP contribution in [-0.2, 0) is 0 Å². The SMILES string of the molecule is Cc1ncsc1C(=O)Nc1ccc(Cl)c(C#CCN)c1. The van der Waals surface area contributed by atoms with Crippen molar-refractivity contribution in [1.29, 1.82) is 0 Å². The first-order valence-electron chi connectivity index (χ1n) is 5.81. The number of thiazole rings is 1. The van der Waals surface area contributed by atoms with Crippen LogP contribution in [0, 0.1) is 18.8 Å². The van der Waals surface area contributed by atoms with Crippen LogP contribution in [0.3, 0.4) is 0 Å². The quantitative estimate of drug-likeness (QED) is 0.838. The van der Waals surface area contributed by atoms with Crippen LogP contribution in [-0.4, -0.2) is 17.4 Å². The molecule has 4 nitrogen and oxygen atoms in total. The highest BCUT2D eigenvalue weighted by Gasteiger charge is 2.12. The van der Waals surface area contributed by atoms with Crippen molar-refractivity contribution < 1.29 is 4.79 Å². The van der Waals surface area contributed by atoms with Gasteiger partial charge in [0.05, 0.1) is 22.8 Å². The summed E-state index contributed by atoms with van der Waals surface area (Å²) in [6, 6.07) is 5.14. The molecule has 0 saturated carbocycles. The number of benzene rings is 1. The molecule has 1 aromatic carbocycles. The average Bonchev–Trinajstić information content (AvgIpc) is 2.85. The Morgan fingerprint density at radius 2 is 2.35 bits per heavy atom. The molecule has 2 rings (SSSR count). The molecule has 0 fully saturated rings. The smallest absolute Gasteiger partial charge is 0.267 e. The fourth-order valence-electron chi connectivity index (χ4n) is 1.55. The van der Waals surface area contributed by atoms with E-state index in [9.17, 15) is 4.79 Å². The van der Waals surface area contributed by atoms with Gasteiger partial charge in [0.2, 0.25) is 0 Å². The maximum atomic E-state index is 12.1. The van der Waals surface area contributed by atoms with Gasteiger partial charge in [-0.2, -0.15) is 0 Å². The number of rotatable bonds is 2. The number of nitrogens with zero attached hydrogens (tertiary/aromatic N) is 1. The van der Waals surface area contributed by atoms with Gasteiger partial charge in [0.25, 0.3) is 5.91 Å². The number of anilines is 1. The van der Waals surface area contributed by atoms with Crippen molar-refractivity contribution in [3.63, 3.8) is 0 Å². The number of carbonyl (C=O) groups is 1. The molecule has 20 heavy (non-hydrogen) atoms. The Labute approximate surface area is 126 Å². The van der Waals surface area contributed by atoms with Gasteiger partial charge in [-0.3, -0.25) is 4.79 Å². The van der Waals surface area contributed by atoms with E-state index in [0.717, 1.165) is 0 Å². The number of carbonyl (C=O) groups excluding carboxylic acids is 1. The highest BCUT2D eigenvalue weighted by Crippen LogP contribution is 2.21. The summed E-state index contributed by atoms with van der Waals surface area (Å²) in [4.78, 5) is 16.7. The zero-order valence-corrected chi connectivity index (χ0v) is 12.3. The number of hydrogen-bond donors (Lipinski definition) is 2. The zero-order chi connectivity index (χ0) is 14.5. The fourth-order valence-corrected chi connectivity index (χ4v) is 2.42. The minimum absolute atomic E-state index is 0.190. The van der Waals surface area contributed by atoms with Crippen LogP contribution in [0.4, 0.5) is 5.69 Å². The second kappa shape index (κ2) is 6.53. The van der Waals surface area contributed by atoms with Gasteiger partial charge in [-0.25, -0.2) is 4.98 Å². The molecule has 1 amide bonds. The van der Waals surface area contributed by atoms with Crippen molar-refractivity contribution >= 4 is 34.5 Å². The molecular weight excluding hydrogens is 294 g/mol. The summed E-state index contributed by atoms with van der Waals surface area (Å²) >= 11 is 7.33. The molecule has 1 aromatic heterocycles. The van der Waals surface area contributed by atoms with E-state index in [0.29, 0.717) is 26.8 Å². The minimum atomic E-state index is -0.190. The van der Waals surface area contributed by atoms with E-state index in [4.69, 9.17) is 17.3 Å². The maximum absolute atomic E-state index is 12.1. The van der Waals surface area contributed by atoms with Crippen molar-refractivity contribution in [2.75, 3.05) is 11.9 Å². The van der Waals surface area contributed by atoms with Gasteiger partial charge in [-0.05, 0) is 25.1 Å². The van der Waals surface area contributed by atoms with Crippen molar-refractivity contribution in [3.8, 4) is 11.8 Å². The summed E-state index contributed by atoms with van der Waals surface area (Å²) in [7, 11) is 0. The molecule has 0 saturated heterocycles. The van der Waals surface area contributed by atoms with Crippen LogP contribution < -0.4 is 11.1 Å². The number of nitrogens with two attached hydrogens (primary N) is 1. The third kappa shape index (κ3) is 3.36. The number of hydrogen-bond acceptors (Lipinski definition) is 4. The summed E-state index contributed by atoms with van der Waals surface area (Å²) in [5.74, 6) is 5.41. The lowest BCUT2D eigenvalue weighted by Gasteiger charge is -2.05. The molecule has 6 heteroatoms. The molecule has 0 spiro atoms. The van der Waals surface area contributed by atoms with Crippen LogP contribution in [0.15, 0.2) is 23.7 Å². The standard InChI is InChI=1S/C14H12ClN3OS/c1-9-13(20-8-17-9)14(19)18-11-4-5-12(15)10(7-11)3-2-6-16/h4-5,7-8H,6,16H2,1H3,(H,18,19). The molecule has 3 N–H and O–H groups in total. The molecule has 0 atom stereocenters. The minimum Gasteiger partial charge on any atom is -0.321 e. The number of nitrogens with one attached hydrogen (secondary N) is 1. The number of aryl methyl sites for hydroxylation is 1. The number of halogens is 1. The number of aromatic nitrogens is 1. The summed E-state index contributed by atoms with van der Waals surface area (Å²) in [5.41, 5.74) is 8.96. The Kier molecular flexibility index (Phi) is 4.74. The Morgan fingerprint density at radius 1 is 1.55 bits per heavy atom. The van der Waals surface area contributed by atoms with E-state index in [1.165, 1.54) is 11.3 Å². The highest BCUT2D eigenvalue weighted by molar-refractivity contribution is 7.12. The van der Waals surface area contributed by atoms with Gasteiger partial charge in [0.1, 0.15) is 4.88 Å². The first-order chi connectivity index (χ1) is 9.61. The van der Waals surface area contributed by atoms with Crippen molar-refractivity contribution in [1.82, 2.24) is 4.98 Å². The van der Waals surface area contributed by atoms with Crippen LogP contribution in [0.5, 0.6) is 0 Å². The molecule has 0 unspecified atom stereocenters. The molecule has 1 heterocycles. The number of amides is 1. The lowest BCUT2D eigenvalue weighted by atomic mass is 10.2. The van der Waals surface area contributed by atoms with Gasteiger partial charge in [-0.1, -0.05) is 23.4 Å². The van der Waals surface area contributed by atoms with Crippen molar-refractivity contribution in [2.45, 2.75) is 6.92 Å².